The lowest BCUT2D eigenvalue weighted by Gasteiger charge is -2.15. The molecule has 0 spiro atoms. The van der Waals surface area contributed by atoms with Gasteiger partial charge in [0.05, 0.1) is 25.8 Å². The number of anilines is 1. The number of carbonyl (C=O) groups is 3. The third-order valence-corrected chi connectivity index (χ3v) is 4.12. The highest BCUT2D eigenvalue weighted by atomic mass is 16.5. The van der Waals surface area contributed by atoms with Gasteiger partial charge in [0.25, 0.3) is 11.8 Å². The fraction of sp³-hybridized carbons (Fsp3) is 0.150. The van der Waals surface area contributed by atoms with E-state index in [-0.39, 0.29) is 18.8 Å². The lowest BCUT2D eigenvalue weighted by Crippen LogP contribution is -2.34. The molecule has 7 nitrogen and oxygen atoms in total. The molecule has 0 fully saturated rings. The number of β-amino-alcohol motifs (C(OH)–C–C–N with tert-alkyl or cyclic N) is 1. The van der Waals surface area contributed by atoms with Crippen molar-refractivity contribution in [3.8, 4) is 11.1 Å². The summed E-state index contributed by atoms with van der Waals surface area (Å²) in [5, 5.41) is 12.0. The molecule has 0 bridgehead atoms. The molecular formula is C20H18N2O5. The molecule has 7 heteroatoms. The Balaban J connectivity index is 1.92. The van der Waals surface area contributed by atoms with Gasteiger partial charge in [-0.3, -0.25) is 14.5 Å². The van der Waals surface area contributed by atoms with E-state index in [2.05, 4.69) is 5.32 Å². The zero-order chi connectivity index (χ0) is 19.4. The molecule has 0 saturated carbocycles. The normalized spacial score (nSPS) is 13.6. The van der Waals surface area contributed by atoms with E-state index in [9.17, 15) is 14.4 Å². The number of amides is 2. The number of nitrogens with one attached hydrogen (secondary N) is 1. The predicted molar refractivity (Wildman–Crippen MR) is 98.7 cm³/mol. The molecule has 0 atom stereocenters. The van der Waals surface area contributed by atoms with Crippen molar-refractivity contribution in [2.24, 2.45) is 0 Å². The van der Waals surface area contributed by atoms with E-state index >= 15 is 0 Å². The number of imide groups is 1. The number of hydrogen-bond acceptors (Lipinski definition) is 6. The molecule has 27 heavy (non-hydrogen) atoms. The maximum Gasteiger partial charge on any atom is 0.337 e. The molecule has 1 aliphatic heterocycles. The number of aliphatic hydroxyl groups is 1. The third-order valence-electron chi connectivity index (χ3n) is 4.12. The van der Waals surface area contributed by atoms with Crippen LogP contribution in [0.4, 0.5) is 5.69 Å². The fourth-order valence-corrected chi connectivity index (χ4v) is 2.83. The van der Waals surface area contributed by atoms with Crippen LogP contribution in [0.25, 0.3) is 11.1 Å². The monoisotopic (exact) mass is 366 g/mol. The first-order valence-electron chi connectivity index (χ1n) is 8.28. The second-order valence-electron chi connectivity index (χ2n) is 5.82. The van der Waals surface area contributed by atoms with Crippen LogP contribution >= 0.6 is 0 Å². The van der Waals surface area contributed by atoms with Crippen LogP contribution in [0.3, 0.4) is 0 Å². The number of carbonyl (C=O) groups excluding carboxylic acids is 3. The Morgan fingerprint density at radius 3 is 2.67 bits per heavy atom. The van der Waals surface area contributed by atoms with Gasteiger partial charge >= 0.3 is 5.97 Å². The van der Waals surface area contributed by atoms with Crippen LogP contribution in [-0.2, 0) is 14.3 Å². The third kappa shape index (κ3) is 3.73. The molecule has 0 unspecified atom stereocenters. The van der Waals surface area contributed by atoms with E-state index < -0.39 is 17.8 Å². The van der Waals surface area contributed by atoms with E-state index in [0.29, 0.717) is 11.3 Å². The van der Waals surface area contributed by atoms with E-state index in [1.807, 2.05) is 18.2 Å². The van der Waals surface area contributed by atoms with Crippen LogP contribution in [0.2, 0.25) is 0 Å². The summed E-state index contributed by atoms with van der Waals surface area (Å²) in [6, 6.07) is 14.2. The summed E-state index contributed by atoms with van der Waals surface area (Å²) < 4.78 is 4.75. The van der Waals surface area contributed by atoms with Crippen molar-refractivity contribution in [3.63, 3.8) is 0 Å². The van der Waals surface area contributed by atoms with Crippen molar-refractivity contribution in [3.05, 3.63) is 65.9 Å². The Bertz CT molecular complexity index is 935. The topological polar surface area (TPSA) is 95.9 Å². The molecule has 0 aliphatic carbocycles. The Morgan fingerprint density at radius 1 is 1.15 bits per heavy atom. The second kappa shape index (κ2) is 7.84. The summed E-state index contributed by atoms with van der Waals surface area (Å²) in [6.45, 7) is -0.350. The largest absolute Gasteiger partial charge is 0.465 e. The molecule has 0 radical (unpaired) electrons. The van der Waals surface area contributed by atoms with Gasteiger partial charge < -0.3 is 15.2 Å². The fourth-order valence-electron chi connectivity index (χ4n) is 2.83. The number of para-hydroxylation sites is 1. The summed E-state index contributed by atoms with van der Waals surface area (Å²) >= 11 is 0. The zero-order valence-electron chi connectivity index (χ0n) is 14.6. The van der Waals surface area contributed by atoms with Crippen molar-refractivity contribution in [2.45, 2.75) is 0 Å². The van der Waals surface area contributed by atoms with Gasteiger partial charge in [-0.2, -0.15) is 0 Å². The number of rotatable bonds is 6. The minimum absolute atomic E-state index is 0.0534. The maximum atomic E-state index is 12.3. The lowest BCUT2D eigenvalue weighted by molar-refractivity contribution is -0.137. The van der Waals surface area contributed by atoms with Crippen LogP contribution in [-0.4, -0.2) is 48.1 Å². The maximum absolute atomic E-state index is 12.3. The van der Waals surface area contributed by atoms with E-state index in [1.165, 1.54) is 13.2 Å². The molecule has 2 aromatic rings. The van der Waals surface area contributed by atoms with Crippen molar-refractivity contribution in [1.82, 2.24) is 4.90 Å². The highest BCUT2D eigenvalue weighted by molar-refractivity contribution is 6.17. The van der Waals surface area contributed by atoms with Crippen LogP contribution in [0.1, 0.15) is 10.4 Å². The molecular weight excluding hydrogens is 348 g/mol. The van der Waals surface area contributed by atoms with Gasteiger partial charge in [0, 0.05) is 17.3 Å². The second-order valence-corrected chi connectivity index (χ2v) is 5.82. The number of ether oxygens (including phenoxy) is 1. The average Bonchev–Trinajstić information content (AvgIpc) is 2.95. The number of benzene rings is 2. The van der Waals surface area contributed by atoms with Crippen LogP contribution in [0, 0.1) is 0 Å². The summed E-state index contributed by atoms with van der Waals surface area (Å²) in [7, 11) is 1.32. The van der Waals surface area contributed by atoms with Crippen molar-refractivity contribution in [2.75, 3.05) is 25.6 Å². The standard InChI is InChI=1S/C20H18N2O5/c1-27-20(26)14-6-4-5-13(11-14)15-7-2-3-8-16(15)21-17-12-18(24)22(9-10-23)19(17)25/h2-8,11-12,21,23H,9-10H2,1H3. The SMILES string of the molecule is COC(=O)c1cccc(-c2ccccc2NC2=CC(=O)N(CCO)C2=O)c1. The Morgan fingerprint density at radius 2 is 1.93 bits per heavy atom. The molecule has 1 heterocycles. The molecule has 2 aromatic carbocycles. The van der Waals surface area contributed by atoms with Gasteiger partial charge in [0.15, 0.2) is 0 Å². The van der Waals surface area contributed by atoms with E-state index in [0.717, 1.165) is 16.0 Å². The highest BCUT2D eigenvalue weighted by Crippen LogP contribution is 2.30. The van der Waals surface area contributed by atoms with Crippen LogP contribution in [0.15, 0.2) is 60.3 Å². The minimum Gasteiger partial charge on any atom is -0.465 e. The van der Waals surface area contributed by atoms with Crippen LogP contribution < -0.4 is 5.32 Å². The molecule has 138 valence electrons. The smallest absolute Gasteiger partial charge is 0.337 e. The molecule has 2 N–H and O–H groups in total. The lowest BCUT2D eigenvalue weighted by atomic mass is 10.0. The number of methoxy groups -OCH3 is 1. The number of esters is 1. The number of nitrogens with zero attached hydrogens (tertiary/aromatic N) is 1. The summed E-state index contributed by atoms with van der Waals surface area (Å²) in [6.07, 6.45) is 1.21. The van der Waals surface area contributed by atoms with Gasteiger partial charge in [-0.25, -0.2) is 4.79 Å². The Hall–Kier alpha value is -3.45. The van der Waals surface area contributed by atoms with Crippen molar-refractivity contribution in [1.29, 1.82) is 0 Å². The first-order chi connectivity index (χ1) is 13.0. The molecule has 0 aromatic heterocycles. The van der Waals surface area contributed by atoms with Gasteiger partial charge in [-0.1, -0.05) is 30.3 Å². The molecule has 3 rings (SSSR count). The summed E-state index contributed by atoms with van der Waals surface area (Å²) in [4.78, 5) is 37.0. The quantitative estimate of drug-likeness (QED) is 0.598. The molecule has 1 aliphatic rings. The van der Waals surface area contributed by atoms with Gasteiger partial charge in [-0.15, -0.1) is 0 Å². The summed E-state index contributed by atoms with van der Waals surface area (Å²) in [5.74, 6) is -1.41. The van der Waals surface area contributed by atoms with E-state index in [1.54, 1.807) is 30.3 Å². The molecule has 0 saturated heterocycles. The summed E-state index contributed by atoms with van der Waals surface area (Å²) in [5.41, 5.74) is 2.66. The van der Waals surface area contributed by atoms with Gasteiger partial charge in [0.1, 0.15) is 5.70 Å². The van der Waals surface area contributed by atoms with Gasteiger partial charge in [-0.05, 0) is 23.8 Å². The Labute approximate surface area is 155 Å². The number of aliphatic hydroxyl groups excluding tert-OH is 1. The molecule has 2 amide bonds. The highest BCUT2D eigenvalue weighted by Gasteiger charge is 2.30. The predicted octanol–water partition coefficient (Wildman–Crippen LogP) is 1.80. The Kier molecular flexibility index (Phi) is 5.33. The van der Waals surface area contributed by atoms with E-state index in [4.69, 9.17) is 9.84 Å². The van der Waals surface area contributed by atoms with Gasteiger partial charge in [0.2, 0.25) is 0 Å². The van der Waals surface area contributed by atoms with Crippen LogP contribution in [0.5, 0.6) is 0 Å². The van der Waals surface area contributed by atoms with Crippen molar-refractivity contribution >= 4 is 23.5 Å². The first-order valence-corrected chi connectivity index (χ1v) is 8.28. The minimum atomic E-state index is -0.493. The first kappa shape index (κ1) is 18.3. The average molecular weight is 366 g/mol. The van der Waals surface area contributed by atoms with Crippen molar-refractivity contribution < 1.29 is 24.2 Å². The zero-order valence-corrected chi connectivity index (χ0v) is 14.6. The number of hydrogen-bond donors (Lipinski definition) is 2.